The molecule has 1 unspecified atom stereocenters. The van der Waals surface area contributed by atoms with Crippen molar-refractivity contribution in [1.29, 1.82) is 0 Å². The summed E-state index contributed by atoms with van der Waals surface area (Å²) in [5.41, 5.74) is 4.02. The van der Waals surface area contributed by atoms with Gasteiger partial charge in [0.1, 0.15) is 0 Å². The van der Waals surface area contributed by atoms with Crippen LogP contribution in [0.5, 0.6) is 0 Å². The topological polar surface area (TPSA) is 43.4 Å². The summed E-state index contributed by atoms with van der Waals surface area (Å²) in [5, 5.41) is 1.09. The molecule has 0 spiro atoms. The molecule has 0 bridgehead atoms. The molecule has 1 aromatic heterocycles. The Kier molecular flexibility index (Phi) is 5.17. The minimum atomic E-state index is 0.117. The van der Waals surface area contributed by atoms with Crippen molar-refractivity contribution in [3.63, 3.8) is 0 Å². The van der Waals surface area contributed by atoms with Crippen LogP contribution in [0.15, 0.2) is 0 Å². The van der Waals surface area contributed by atoms with Crippen molar-refractivity contribution in [2.45, 2.75) is 26.8 Å². The van der Waals surface area contributed by atoms with Crippen LogP contribution in [0.1, 0.15) is 28.5 Å². The number of nitrogens with zero attached hydrogens (tertiary/aromatic N) is 1. The van der Waals surface area contributed by atoms with E-state index in [-0.39, 0.29) is 6.04 Å². The van der Waals surface area contributed by atoms with E-state index in [2.05, 4.69) is 17.4 Å². The zero-order valence-electron chi connectivity index (χ0n) is 9.66. The lowest BCUT2D eigenvalue weighted by atomic mass is 10.2. The average molecular weight is 230 g/mol. The van der Waals surface area contributed by atoms with Crippen molar-refractivity contribution in [3.05, 3.63) is 15.6 Å². The fourth-order valence-electron chi connectivity index (χ4n) is 1.31. The first-order valence-corrected chi connectivity index (χ1v) is 5.77. The Bertz CT molecular complexity index is 302. The van der Waals surface area contributed by atoms with Gasteiger partial charge in [0.2, 0.25) is 0 Å². The number of nitrogens with one attached hydrogen (secondary N) is 1. The maximum Gasteiger partial charge on any atom is 0.0916 e. The molecule has 0 fully saturated rings. The van der Waals surface area contributed by atoms with E-state index in [1.807, 2.05) is 13.8 Å². The van der Waals surface area contributed by atoms with Gasteiger partial charge in [0, 0.05) is 12.0 Å². The number of aromatic nitrogens is 1. The van der Waals surface area contributed by atoms with Crippen LogP contribution in [-0.4, -0.2) is 25.3 Å². The van der Waals surface area contributed by atoms with Gasteiger partial charge < -0.3 is 4.74 Å². The quantitative estimate of drug-likeness (QED) is 0.599. The highest BCUT2D eigenvalue weighted by Gasteiger charge is 2.12. The Hall–Kier alpha value is -0.490. The van der Waals surface area contributed by atoms with Crippen molar-refractivity contribution in [3.8, 4) is 0 Å². The number of aryl methyl sites for hydroxylation is 2. The average Bonchev–Trinajstić information content (AvgIpc) is 2.52. The molecule has 0 amide bonds. The molecule has 1 aromatic rings. The van der Waals surface area contributed by atoms with E-state index in [4.69, 9.17) is 9.57 Å². The smallest absolute Gasteiger partial charge is 0.0916 e. The molecule has 0 aromatic carbocycles. The van der Waals surface area contributed by atoms with Gasteiger partial charge in [-0.3, -0.25) is 4.84 Å². The summed E-state index contributed by atoms with van der Waals surface area (Å²) >= 11 is 1.71. The predicted octanol–water partition coefficient (Wildman–Crippen LogP) is 1.99. The molecule has 4 nitrogen and oxygen atoms in total. The van der Waals surface area contributed by atoms with Gasteiger partial charge in [-0.05, 0) is 20.8 Å². The van der Waals surface area contributed by atoms with E-state index < -0.39 is 0 Å². The Labute approximate surface area is 94.6 Å². The lowest BCUT2D eigenvalue weighted by Crippen LogP contribution is -2.22. The summed E-state index contributed by atoms with van der Waals surface area (Å²) in [6, 6.07) is 0.117. The molecule has 0 aliphatic rings. The van der Waals surface area contributed by atoms with Gasteiger partial charge in [-0.2, -0.15) is 5.48 Å². The highest BCUT2D eigenvalue weighted by Crippen LogP contribution is 2.22. The van der Waals surface area contributed by atoms with E-state index in [1.165, 1.54) is 4.88 Å². The zero-order valence-corrected chi connectivity index (χ0v) is 10.5. The Balaban J connectivity index is 2.39. The number of hydroxylamine groups is 1. The van der Waals surface area contributed by atoms with Crippen molar-refractivity contribution >= 4 is 11.3 Å². The van der Waals surface area contributed by atoms with Gasteiger partial charge in [-0.1, -0.05) is 0 Å². The summed E-state index contributed by atoms with van der Waals surface area (Å²) in [5.74, 6) is 0. The summed E-state index contributed by atoms with van der Waals surface area (Å²) < 4.78 is 4.88. The van der Waals surface area contributed by atoms with E-state index >= 15 is 0 Å². The SMILES string of the molecule is COCCONC(C)c1nc(C)sc1C. The van der Waals surface area contributed by atoms with Crippen LogP contribution in [0.3, 0.4) is 0 Å². The highest BCUT2D eigenvalue weighted by atomic mass is 32.1. The van der Waals surface area contributed by atoms with Crippen LogP contribution in [0.2, 0.25) is 0 Å². The minimum absolute atomic E-state index is 0.117. The highest BCUT2D eigenvalue weighted by molar-refractivity contribution is 7.11. The number of rotatable bonds is 6. The lowest BCUT2D eigenvalue weighted by molar-refractivity contribution is -0.00992. The van der Waals surface area contributed by atoms with Crippen molar-refractivity contribution in [2.75, 3.05) is 20.3 Å². The number of thiazole rings is 1. The Morgan fingerprint density at radius 3 is 2.67 bits per heavy atom. The lowest BCUT2D eigenvalue weighted by Gasteiger charge is -2.12. The molecule has 0 saturated heterocycles. The first kappa shape index (κ1) is 12.6. The summed E-state index contributed by atoms with van der Waals surface area (Å²) in [6.07, 6.45) is 0. The van der Waals surface area contributed by atoms with Crippen LogP contribution in [-0.2, 0) is 9.57 Å². The second kappa shape index (κ2) is 6.17. The van der Waals surface area contributed by atoms with Crippen LogP contribution < -0.4 is 5.48 Å². The van der Waals surface area contributed by atoms with Crippen LogP contribution in [0.4, 0.5) is 0 Å². The van der Waals surface area contributed by atoms with Gasteiger partial charge in [0.05, 0.1) is 30.0 Å². The second-order valence-electron chi connectivity index (χ2n) is 3.36. The maximum absolute atomic E-state index is 5.24. The molecule has 1 rings (SSSR count). The molecule has 5 heteroatoms. The first-order chi connectivity index (χ1) is 7.15. The summed E-state index contributed by atoms with van der Waals surface area (Å²) in [6.45, 7) is 7.26. The molecule has 1 N–H and O–H groups in total. The zero-order chi connectivity index (χ0) is 11.3. The third kappa shape index (κ3) is 3.87. The van der Waals surface area contributed by atoms with Crippen LogP contribution in [0, 0.1) is 13.8 Å². The molecular formula is C10H18N2O2S. The largest absolute Gasteiger partial charge is 0.382 e. The molecule has 0 saturated carbocycles. The predicted molar refractivity (Wildman–Crippen MR) is 61.0 cm³/mol. The molecule has 1 atom stereocenters. The Morgan fingerprint density at radius 2 is 2.13 bits per heavy atom. The number of methoxy groups -OCH3 is 1. The van der Waals surface area contributed by atoms with E-state index in [1.54, 1.807) is 18.4 Å². The van der Waals surface area contributed by atoms with Gasteiger partial charge in [-0.15, -0.1) is 11.3 Å². The number of ether oxygens (including phenoxy) is 1. The summed E-state index contributed by atoms with van der Waals surface area (Å²) in [4.78, 5) is 10.9. The number of hydrogen-bond acceptors (Lipinski definition) is 5. The molecular weight excluding hydrogens is 212 g/mol. The standard InChI is InChI=1S/C10H18N2O2S/c1-7(12-14-6-5-13-4)10-8(2)15-9(3)11-10/h7,12H,5-6H2,1-4H3. The molecule has 0 aliphatic carbocycles. The van der Waals surface area contributed by atoms with Gasteiger partial charge in [-0.25, -0.2) is 4.98 Å². The third-order valence-electron chi connectivity index (χ3n) is 2.00. The maximum atomic E-state index is 5.24. The van der Waals surface area contributed by atoms with Crippen molar-refractivity contribution < 1.29 is 9.57 Å². The molecule has 86 valence electrons. The Morgan fingerprint density at radius 1 is 1.40 bits per heavy atom. The molecule has 0 radical (unpaired) electrons. The van der Waals surface area contributed by atoms with Gasteiger partial charge in [0.15, 0.2) is 0 Å². The minimum Gasteiger partial charge on any atom is -0.382 e. The number of hydrogen-bond donors (Lipinski definition) is 1. The molecule has 15 heavy (non-hydrogen) atoms. The molecule has 0 aliphatic heterocycles. The van der Waals surface area contributed by atoms with Crippen molar-refractivity contribution in [2.24, 2.45) is 0 Å². The van der Waals surface area contributed by atoms with Crippen molar-refractivity contribution in [1.82, 2.24) is 10.5 Å². The van der Waals surface area contributed by atoms with Crippen LogP contribution in [0.25, 0.3) is 0 Å². The van der Waals surface area contributed by atoms with Gasteiger partial charge in [0.25, 0.3) is 0 Å². The fraction of sp³-hybridized carbons (Fsp3) is 0.700. The normalized spacial score (nSPS) is 13.1. The summed E-state index contributed by atoms with van der Waals surface area (Å²) in [7, 11) is 1.65. The van der Waals surface area contributed by atoms with E-state index in [0.717, 1.165) is 10.7 Å². The fourth-order valence-corrected chi connectivity index (χ4v) is 2.23. The second-order valence-corrected chi connectivity index (χ2v) is 4.76. The molecule has 1 heterocycles. The third-order valence-corrected chi connectivity index (χ3v) is 2.90. The van der Waals surface area contributed by atoms with E-state index in [0.29, 0.717) is 13.2 Å². The first-order valence-electron chi connectivity index (χ1n) is 4.95. The van der Waals surface area contributed by atoms with E-state index in [9.17, 15) is 0 Å². The van der Waals surface area contributed by atoms with Crippen LogP contribution >= 0.6 is 11.3 Å². The monoisotopic (exact) mass is 230 g/mol. The van der Waals surface area contributed by atoms with Gasteiger partial charge >= 0.3 is 0 Å².